The highest BCUT2D eigenvalue weighted by Gasteiger charge is 2.12. The van der Waals surface area contributed by atoms with Crippen molar-refractivity contribution in [2.75, 3.05) is 0 Å². The Morgan fingerprint density at radius 2 is 1.89 bits per heavy atom. The molecule has 0 saturated carbocycles. The van der Waals surface area contributed by atoms with Gasteiger partial charge >= 0.3 is 0 Å². The van der Waals surface area contributed by atoms with Crippen molar-refractivity contribution < 1.29 is 0 Å². The molecule has 0 saturated heterocycles. The lowest BCUT2D eigenvalue weighted by molar-refractivity contribution is 0.501. The first kappa shape index (κ1) is 12.6. The molecule has 2 rings (SSSR count). The van der Waals surface area contributed by atoms with E-state index in [1.165, 1.54) is 10.8 Å². The zero-order chi connectivity index (χ0) is 13.0. The summed E-state index contributed by atoms with van der Waals surface area (Å²) >= 11 is 0. The monoisotopic (exact) mass is 238 g/mol. The first-order chi connectivity index (χ1) is 8.74. The Labute approximate surface area is 108 Å². The van der Waals surface area contributed by atoms with Crippen molar-refractivity contribution in [2.45, 2.75) is 32.4 Å². The minimum absolute atomic E-state index is 0.232. The summed E-state index contributed by atoms with van der Waals surface area (Å²) in [6, 6.07) is 16.9. The van der Waals surface area contributed by atoms with E-state index in [9.17, 15) is 5.26 Å². The normalized spacial score (nSPS) is 14.1. The van der Waals surface area contributed by atoms with Gasteiger partial charge in [0.15, 0.2) is 0 Å². The molecule has 2 atom stereocenters. The second-order valence-electron chi connectivity index (χ2n) is 4.64. The molecule has 0 aliphatic heterocycles. The Kier molecular flexibility index (Phi) is 3.96. The number of hydrogen-bond acceptors (Lipinski definition) is 2. The van der Waals surface area contributed by atoms with Crippen LogP contribution in [-0.4, -0.2) is 6.04 Å². The van der Waals surface area contributed by atoms with Gasteiger partial charge in [0, 0.05) is 6.04 Å². The second kappa shape index (κ2) is 5.66. The molecule has 2 heteroatoms. The maximum Gasteiger partial charge on any atom is 0.121 e. The van der Waals surface area contributed by atoms with E-state index in [0.717, 1.165) is 12.0 Å². The number of nitrogens with zero attached hydrogens (tertiary/aromatic N) is 1. The smallest absolute Gasteiger partial charge is 0.121 e. The molecule has 0 amide bonds. The number of nitriles is 1. The van der Waals surface area contributed by atoms with Gasteiger partial charge in [-0.1, -0.05) is 43.3 Å². The molecule has 1 N–H and O–H groups in total. The molecule has 0 aliphatic rings. The van der Waals surface area contributed by atoms with Gasteiger partial charge < -0.3 is 0 Å². The summed E-state index contributed by atoms with van der Waals surface area (Å²) in [6.45, 7) is 4.22. The van der Waals surface area contributed by atoms with Crippen LogP contribution in [0.2, 0.25) is 0 Å². The van der Waals surface area contributed by atoms with Gasteiger partial charge in [0.1, 0.15) is 6.04 Å². The average molecular weight is 238 g/mol. The molecule has 0 heterocycles. The van der Waals surface area contributed by atoms with Crippen LogP contribution < -0.4 is 5.32 Å². The van der Waals surface area contributed by atoms with Gasteiger partial charge in [-0.15, -0.1) is 0 Å². The molecular weight excluding hydrogens is 220 g/mol. The summed E-state index contributed by atoms with van der Waals surface area (Å²) in [4.78, 5) is 0. The Morgan fingerprint density at radius 1 is 1.17 bits per heavy atom. The first-order valence-corrected chi connectivity index (χ1v) is 6.39. The van der Waals surface area contributed by atoms with Crippen molar-refractivity contribution in [3.8, 4) is 6.07 Å². The van der Waals surface area contributed by atoms with Crippen molar-refractivity contribution in [1.82, 2.24) is 5.32 Å². The Hall–Kier alpha value is -1.85. The van der Waals surface area contributed by atoms with Crippen molar-refractivity contribution in [3.05, 3.63) is 48.0 Å². The zero-order valence-corrected chi connectivity index (χ0v) is 10.9. The van der Waals surface area contributed by atoms with Gasteiger partial charge in [-0.05, 0) is 35.7 Å². The van der Waals surface area contributed by atoms with E-state index in [2.05, 4.69) is 49.5 Å². The summed E-state index contributed by atoms with van der Waals surface area (Å²) < 4.78 is 0. The van der Waals surface area contributed by atoms with Gasteiger partial charge in [0.2, 0.25) is 0 Å². The summed E-state index contributed by atoms with van der Waals surface area (Å²) in [5, 5.41) is 15.0. The van der Waals surface area contributed by atoms with Crippen molar-refractivity contribution in [2.24, 2.45) is 0 Å². The van der Waals surface area contributed by atoms with Gasteiger partial charge in [0.05, 0.1) is 6.07 Å². The van der Waals surface area contributed by atoms with Crippen LogP contribution in [0.1, 0.15) is 31.9 Å². The van der Waals surface area contributed by atoms with Crippen LogP contribution in [0.4, 0.5) is 0 Å². The molecule has 2 nitrogen and oxygen atoms in total. The molecule has 2 unspecified atom stereocenters. The lowest BCUT2D eigenvalue weighted by Crippen LogP contribution is -2.29. The predicted octanol–water partition coefficient (Wildman–Crippen LogP) is 3.79. The topological polar surface area (TPSA) is 35.8 Å². The molecule has 0 aliphatic carbocycles. The summed E-state index contributed by atoms with van der Waals surface area (Å²) in [5.74, 6) is 0. The van der Waals surface area contributed by atoms with Gasteiger partial charge in [-0.25, -0.2) is 0 Å². The number of benzene rings is 2. The van der Waals surface area contributed by atoms with Crippen molar-refractivity contribution in [3.63, 3.8) is 0 Å². The summed E-state index contributed by atoms with van der Waals surface area (Å²) in [7, 11) is 0. The van der Waals surface area contributed by atoms with E-state index < -0.39 is 0 Å². The van der Waals surface area contributed by atoms with Gasteiger partial charge in [-0.2, -0.15) is 5.26 Å². The van der Waals surface area contributed by atoms with E-state index in [-0.39, 0.29) is 6.04 Å². The zero-order valence-electron chi connectivity index (χ0n) is 10.9. The second-order valence-corrected chi connectivity index (χ2v) is 4.64. The van der Waals surface area contributed by atoms with Crippen LogP contribution in [0.3, 0.4) is 0 Å². The fourth-order valence-electron chi connectivity index (χ4n) is 2.00. The molecule has 0 bridgehead atoms. The van der Waals surface area contributed by atoms with E-state index in [0.29, 0.717) is 6.04 Å². The Morgan fingerprint density at radius 3 is 2.56 bits per heavy atom. The lowest BCUT2D eigenvalue weighted by Gasteiger charge is -2.17. The highest BCUT2D eigenvalue weighted by molar-refractivity contribution is 5.83. The molecule has 0 aromatic heterocycles. The molecule has 18 heavy (non-hydrogen) atoms. The number of hydrogen-bond donors (Lipinski definition) is 1. The van der Waals surface area contributed by atoms with E-state index in [4.69, 9.17) is 0 Å². The fraction of sp³-hybridized carbons (Fsp3) is 0.312. The maximum atomic E-state index is 9.28. The summed E-state index contributed by atoms with van der Waals surface area (Å²) in [6.07, 6.45) is 1.02. The third kappa shape index (κ3) is 2.69. The van der Waals surface area contributed by atoms with Crippen LogP contribution >= 0.6 is 0 Å². The minimum Gasteiger partial charge on any atom is -0.296 e. The largest absolute Gasteiger partial charge is 0.296 e. The molecule has 92 valence electrons. The fourth-order valence-corrected chi connectivity index (χ4v) is 2.00. The van der Waals surface area contributed by atoms with Crippen LogP contribution in [-0.2, 0) is 0 Å². The Balaban J connectivity index is 2.31. The minimum atomic E-state index is -0.232. The quantitative estimate of drug-likeness (QED) is 0.879. The third-order valence-electron chi connectivity index (χ3n) is 3.30. The molecule has 0 spiro atoms. The van der Waals surface area contributed by atoms with Crippen LogP contribution in [0.15, 0.2) is 42.5 Å². The van der Waals surface area contributed by atoms with Crippen molar-refractivity contribution in [1.29, 1.82) is 5.26 Å². The van der Waals surface area contributed by atoms with Crippen LogP contribution in [0, 0.1) is 11.3 Å². The standard InChI is InChI=1S/C16H18N2/c1-3-12(2)18-16(11-17)15-9-8-13-6-4-5-7-14(13)10-15/h4-10,12,16,18H,3H2,1-2H3. The van der Waals surface area contributed by atoms with Crippen molar-refractivity contribution >= 4 is 10.8 Å². The Bertz CT molecular complexity index is 569. The van der Waals surface area contributed by atoms with Crippen LogP contribution in [0.5, 0.6) is 0 Å². The summed E-state index contributed by atoms with van der Waals surface area (Å²) in [5.41, 5.74) is 1.04. The molecule has 0 fully saturated rings. The molecule has 0 radical (unpaired) electrons. The van der Waals surface area contributed by atoms with E-state index in [1.807, 2.05) is 18.2 Å². The third-order valence-corrected chi connectivity index (χ3v) is 3.30. The molecule has 2 aromatic carbocycles. The number of nitrogens with one attached hydrogen (secondary N) is 1. The van der Waals surface area contributed by atoms with Gasteiger partial charge in [0.25, 0.3) is 0 Å². The van der Waals surface area contributed by atoms with E-state index >= 15 is 0 Å². The first-order valence-electron chi connectivity index (χ1n) is 6.39. The van der Waals surface area contributed by atoms with Gasteiger partial charge in [-0.3, -0.25) is 5.32 Å². The molecule has 2 aromatic rings. The lowest BCUT2D eigenvalue weighted by atomic mass is 10.0. The predicted molar refractivity (Wildman–Crippen MR) is 75.2 cm³/mol. The highest BCUT2D eigenvalue weighted by atomic mass is 14.9. The SMILES string of the molecule is CCC(C)NC(C#N)c1ccc2ccccc2c1. The van der Waals surface area contributed by atoms with E-state index in [1.54, 1.807) is 0 Å². The van der Waals surface area contributed by atoms with Crippen LogP contribution in [0.25, 0.3) is 10.8 Å². The average Bonchev–Trinajstić information content (AvgIpc) is 2.44. The molecular formula is C16H18N2. The number of rotatable bonds is 4. The highest BCUT2D eigenvalue weighted by Crippen LogP contribution is 2.20. The maximum absolute atomic E-state index is 9.28. The number of fused-ring (bicyclic) bond motifs is 1.